The minimum Gasteiger partial charge on any atom is -0.0620 e. The van der Waals surface area contributed by atoms with Gasteiger partial charge in [0.25, 0.3) is 0 Å². The van der Waals surface area contributed by atoms with Crippen LogP contribution in [0.2, 0.25) is 0 Å². The van der Waals surface area contributed by atoms with Crippen LogP contribution in [0.4, 0.5) is 0 Å². The first-order valence-corrected chi connectivity index (χ1v) is 9.53. The van der Waals surface area contributed by atoms with Crippen molar-refractivity contribution in [3.05, 3.63) is 33.9 Å². The molecule has 0 radical (unpaired) electrons. The second kappa shape index (κ2) is 4.86. The van der Waals surface area contributed by atoms with Crippen LogP contribution in [0.3, 0.4) is 0 Å². The predicted octanol–water partition coefficient (Wildman–Crippen LogP) is 6.10. The lowest BCUT2D eigenvalue weighted by Gasteiger charge is -2.51. The van der Waals surface area contributed by atoms with E-state index in [1.807, 2.05) is 0 Å². The normalized spacial score (nSPS) is 40.0. The number of aryl methyl sites for hydroxylation is 2. The fourth-order valence-corrected chi connectivity index (χ4v) is 6.54. The van der Waals surface area contributed by atoms with Gasteiger partial charge in [-0.3, -0.25) is 0 Å². The van der Waals surface area contributed by atoms with Crippen LogP contribution < -0.4 is 0 Å². The van der Waals surface area contributed by atoms with E-state index < -0.39 is 0 Å². The van der Waals surface area contributed by atoms with Gasteiger partial charge in [0, 0.05) is 0 Å². The number of hydrogen-bond donors (Lipinski definition) is 0. The van der Waals surface area contributed by atoms with E-state index in [0.29, 0.717) is 5.41 Å². The van der Waals surface area contributed by atoms with Crippen LogP contribution >= 0.6 is 0 Å². The molecular formula is C22H32. The highest BCUT2D eigenvalue weighted by Gasteiger charge is 2.53. The van der Waals surface area contributed by atoms with Crippen LogP contribution in [-0.4, -0.2) is 0 Å². The first-order chi connectivity index (χ1) is 10.4. The van der Waals surface area contributed by atoms with Gasteiger partial charge in [0.2, 0.25) is 0 Å². The van der Waals surface area contributed by atoms with Gasteiger partial charge in [-0.15, -0.1) is 0 Å². The van der Waals surface area contributed by atoms with Crippen LogP contribution in [0.5, 0.6) is 0 Å². The van der Waals surface area contributed by atoms with Crippen LogP contribution in [0, 0.1) is 43.9 Å². The molecule has 22 heavy (non-hydrogen) atoms. The van der Waals surface area contributed by atoms with Crippen molar-refractivity contribution in [2.75, 3.05) is 0 Å². The van der Waals surface area contributed by atoms with E-state index in [1.54, 1.807) is 22.3 Å². The van der Waals surface area contributed by atoms with Gasteiger partial charge >= 0.3 is 0 Å². The summed E-state index contributed by atoms with van der Waals surface area (Å²) in [6.07, 6.45) is 8.66. The lowest BCUT2D eigenvalue weighted by molar-refractivity contribution is 0.0334. The molecule has 2 saturated carbocycles. The smallest absolute Gasteiger partial charge is 0.0125 e. The number of hydrogen-bond acceptors (Lipinski definition) is 0. The average Bonchev–Trinajstić information content (AvgIpc) is 2.80. The molecule has 120 valence electrons. The Morgan fingerprint density at radius 2 is 1.77 bits per heavy atom. The molecule has 3 aliphatic carbocycles. The summed E-state index contributed by atoms with van der Waals surface area (Å²) in [4.78, 5) is 0. The predicted molar refractivity (Wildman–Crippen MR) is 94.4 cm³/mol. The molecule has 0 N–H and O–H groups in total. The van der Waals surface area contributed by atoms with E-state index in [-0.39, 0.29) is 0 Å². The maximum Gasteiger partial charge on any atom is -0.0125 e. The van der Waals surface area contributed by atoms with E-state index in [2.05, 4.69) is 40.7 Å². The number of rotatable bonds is 0. The van der Waals surface area contributed by atoms with Crippen molar-refractivity contribution in [2.24, 2.45) is 23.2 Å². The Hall–Kier alpha value is -0.780. The lowest BCUT2D eigenvalue weighted by Crippen LogP contribution is -2.42. The van der Waals surface area contributed by atoms with Crippen LogP contribution in [0.1, 0.15) is 79.7 Å². The molecule has 5 unspecified atom stereocenters. The Morgan fingerprint density at radius 3 is 2.55 bits per heavy atom. The van der Waals surface area contributed by atoms with Gasteiger partial charge in [-0.1, -0.05) is 19.9 Å². The molecule has 0 spiro atoms. The second-order valence-electron chi connectivity index (χ2n) is 8.95. The fraction of sp³-hybridized carbons (Fsp3) is 0.727. The average molecular weight is 296 g/mol. The Bertz CT molecular complexity index is 611. The van der Waals surface area contributed by atoms with Gasteiger partial charge in [-0.25, -0.2) is 0 Å². The SMILES string of the molecule is Cc1cc2c(c(C)c1C)C1CCC3(C)C(C)CCC3C1CC2. The van der Waals surface area contributed by atoms with Crippen molar-refractivity contribution in [3.63, 3.8) is 0 Å². The zero-order chi connectivity index (χ0) is 15.6. The fourth-order valence-electron chi connectivity index (χ4n) is 6.54. The topological polar surface area (TPSA) is 0 Å². The molecule has 0 nitrogen and oxygen atoms in total. The van der Waals surface area contributed by atoms with Crippen molar-refractivity contribution >= 4 is 0 Å². The van der Waals surface area contributed by atoms with Crippen molar-refractivity contribution in [1.82, 2.24) is 0 Å². The molecule has 5 atom stereocenters. The Kier molecular flexibility index (Phi) is 3.26. The maximum atomic E-state index is 2.62. The third-order valence-electron chi connectivity index (χ3n) is 8.32. The molecule has 0 heterocycles. The van der Waals surface area contributed by atoms with Gasteiger partial charge in [0.15, 0.2) is 0 Å². The third kappa shape index (κ3) is 1.82. The van der Waals surface area contributed by atoms with E-state index in [4.69, 9.17) is 0 Å². The molecule has 1 aromatic carbocycles. The highest BCUT2D eigenvalue weighted by molar-refractivity contribution is 5.48. The highest BCUT2D eigenvalue weighted by Crippen LogP contribution is 2.63. The molecule has 0 amide bonds. The van der Waals surface area contributed by atoms with Crippen molar-refractivity contribution in [3.8, 4) is 0 Å². The molecule has 0 aromatic heterocycles. The van der Waals surface area contributed by atoms with Gasteiger partial charge < -0.3 is 0 Å². The van der Waals surface area contributed by atoms with Gasteiger partial charge in [0.1, 0.15) is 0 Å². The molecule has 0 heteroatoms. The van der Waals surface area contributed by atoms with Crippen LogP contribution in [-0.2, 0) is 6.42 Å². The lowest BCUT2D eigenvalue weighted by atomic mass is 9.54. The monoisotopic (exact) mass is 296 g/mol. The Balaban J connectivity index is 1.78. The third-order valence-corrected chi connectivity index (χ3v) is 8.32. The molecule has 0 saturated heterocycles. The molecular weight excluding hydrogens is 264 g/mol. The first kappa shape index (κ1) is 14.8. The summed E-state index contributed by atoms with van der Waals surface area (Å²) in [6, 6.07) is 2.51. The second-order valence-corrected chi connectivity index (χ2v) is 8.95. The van der Waals surface area contributed by atoms with E-state index in [9.17, 15) is 0 Å². The highest BCUT2D eigenvalue weighted by atomic mass is 14.6. The summed E-state index contributed by atoms with van der Waals surface area (Å²) in [5.74, 6) is 3.78. The minimum absolute atomic E-state index is 0.645. The van der Waals surface area contributed by atoms with Crippen molar-refractivity contribution < 1.29 is 0 Å². The molecule has 3 aliphatic rings. The van der Waals surface area contributed by atoms with Gasteiger partial charge in [-0.05, 0) is 116 Å². The number of benzene rings is 1. The van der Waals surface area contributed by atoms with E-state index in [1.165, 1.54) is 44.1 Å². The summed E-state index contributed by atoms with van der Waals surface area (Å²) in [5, 5.41) is 0. The summed E-state index contributed by atoms with van der Waals surface area (Å²) >= 11 is 0. The summed E-state index contributed by atoms with van der Waals surface area (Å²) in [5.41, 5.74) is 8.79. The first-order valence-electron chi connectivity index (χ1n) is 9.53. The van der Waals surface area contributed by atoms with Gasteiger partial charge in [-0.2, -0.15) is 0 Å². The van der Waals surface area contributed by atoms with Crippen molar-refractivity contribution in [1.29, 1.82) is 0 Å². The summed E-state index contributed by atoms with van der Waals surface area (Å²) in [6.45, 7) is 12.2. The summed E-state index contributed by atoms with van der Waals surface area (Å²) < 4.78 is 0. The minimum atomic E-state index is 0.645. The maximum absolute atomic E-state index is 2.62. The molecule has 4 rings (SSSR count). The van der Waals surface area contributed by atoms with Crippen LogP contribution in [0.25, 0.3) is 0 Å². The zero-order valence-corrected chi connectivity index (χ0v) is 15.1. The van der Waals surface area contributed by atoms with E-state index >= 15 is 0 Å². The standard InChI is InChI=1S/C22H32/c1-13-12-17-7-8-18-19(21(17)16(4)15(13)3)10-11-22(5)14(2)6-9-20(18)22/h12,14,18-20H,6-11H2,1-5H3. The van der Waals surface area contributed by atoms with E-state index in [0.717, 1.165) is 23.7 Å². The summed E-state index contributed by atoms with van der Waals surface area (Å²) in [7, 11) is 0. The number of fused-ring (bicyclic) bond motifs is 5. The Labute approximate surface area is 136 Å². The zero-order valence-electron chi connectivity index (χ0n) is 15.1. The largest absolute Gasteiger partial charge is 0.0620 e. The molecule has 0 aliphatic heterocycles. The Morgan fingerprint density at radius 1 is 1.00 bits per heavy atom. The molecule has 0 bridgehead atoms. The molecule has 1 aromatic rings. The van der Waals surface area contributed by atoms with Gasteiger partial charge in [0.05, 0.1) is 0 Å². The van der Waals surface area contributed by atoms with Crippen molar-refractivity contribution in [2.45, 2.75) is 79.1 Å². The quantitative estimate of drug-likeness (QED) is 0.542. The van der Waals surface area contributed by atoms with Crippen LogP contribution in [0.15, 0.2) is 6.07 Å². The molecule has 2 fully saturated rings.